The monoisotopic (exact) mass is 314 g/mol. The molecule has 0 N–H and O–H groups in total. The van der Waals surface area contributed by atoms with E-state index >= 15 is 0 Å². The molecule has 1 saturated carbocycles. The molecule has 0 aliphatic heterocycles. The summed E-state index contributed by atoms with van der Waals surface area (Å²) in [6.07, 6.45) is 3.28. The van der Waals surface area contributed by atoms with E-state index in [2.05, 4.69) is 35.7 Å². The normalized spacial score (nSPS) is 17.0. The van der Waals surface area contributed by atoms with Gasteiger partial charge in [0.2, 0.25) is 0 Å². The highest BCUT2D eigenvalue weighted by Crippen LogP contribution is 2.41. The van der Waals surface area contributed by atoms with Crippen LogP contribution in [0.1, 0.15) is 48.6 Å². The van der Waals surface area contributed by atoms with Crippen LogP contribution in [0.5, 0.6) is 0 Å². The molecule has 2 nitrogen and oxygen atoms in total. The SMILES string of the molecule is CCOC(=O)C(C)(Cc1cccs1)c1ccc(C2CC2)cc1. The maximum absolute atomic E-state index is 12.6. The molecule has 1 unspecified atom stereocenters. The molecule has 1 aliphatic carbocycles. The lowest BCUT2D eigenvalue weighted by Crippen LogP contribution is -2.36. The van der Waals surface area contributed by atoms with E-state index in [1.807, 2.05) is 19.9 Å². The van der Waals surface area contributed by atoms with Crippen molar-refractivity contribution in [2.75, 3.05) is 6.61 Å². The van der Waals surface area contributed by atoms with Crippen LogP contribution in [0, 0.1) is 0 Å². The van der Waals surface area contributed by atoms with Crippen LogP contribution in [0.4, 0.5) is 0 Å². The summed E-state index contributed by atoms with van der Waals surface area (Å²) in [6.45, 7) is 4.27. The number of carbonyl (C=O) groups is 1. The Kier molecular flexibility index (Phi) is 4.34. The van der Waals surface area contributed by atoms with Crippen molar-refractivity contribution in [3.8, 4) is 0 Å². The van der Waals surface area contributed by atoms with Gasteiger partial charge >= 0.3 is 5.97 Å². The van der Waals surface area contributed by atoms with Crippen molar-refractivity contribution in [3.05, 3.63) is 57.8 Å². The quantitative estimate of drug-likeness (QED) is 0.723. The van der Waals surface area contributed by atoms with E-state index < -0.39 is 5.41 Å². The highest BCUT2D eigenvalue weighted by molar-refractivity contribution is 7.09. The molecule has 1 aromatic carbocycles. The van der Waals surface area contributed by atoms with Crippen LogP contribution < -0.4 is 0 Å². The van der Waals surface area contributed by atoms with Crippen molar-refractivity contribution in [1.29, 1.82) is 0 Å². The van der Waals surface area contributed by atoms with E-state index in [0.717, 1.165) is 11.5 Å². The van der Waals surface area contributed by atoms with Gasteiger partial charge in [-0.15, -0.1) is 11.3 Å². The van der Waals surface area contributed by atoms with Crippen LogP contribution in [0.15, 0.2) is 41.8 Å². The molecule has 1 aliphatic rings. The number of hydrogen-bond acceptors (Lipinski definition) is 3. The summed E-state index contributed by atoms with van der Waals surface area (Å²) in [5, 5.41) is 2.05. The first-order chi connectivity index (χ1) is 10.6. The number of esters is 1. The maximum Gasteiger partial charge on any atom is 0.316 e. The molecule has 0 radical (unpaired) electrons. The van der Waals surface area contributed by atoms with E-state index in [-0.39, 0.29) is 5.97 Å². The van der Waals surface area contributed by atoms with Gasteiger partial charge in [0, 0.05) is 11.3 Å². The topological polar surface area (TPSA) is 26.3 Å². The molecule has 116 valence electrons. The molecule has 0 spiro atoms. The second-order valence-corrected chi connectivity index (χ2v) is 7.24. The Hall–Kier alpha value is -1.61. The molecule has 1 aromatic heterocycles. The highest BCUT2D eigenvalue weighted by atomic mass is 32.1. The van der Waals surface area contributed by atoms with Crippen LogP contribution in [-0.4, -0.2) is 12.6 Å². The van der Waals surface area contributed by atoms with Crippen molar-refractivity contribution < 1.29 is 9.53 Å². The fourth-order valence-corrected chi connectivity index (χ4v) is 3.74. The minimum absolute atomic E-state index is 0.137. The third kappa shape index (κ3) is 3.09. The Morgan fingerprint density at radius 3 is 2.55 bits per heavy atom. The number of carbonyl (C=O) groups excluding carboxylic acids is 1. The van der Waals surface area contributed by atoms with Gasteiger partial charge in [0.1, 0.15) is 0 Å². The Morgan fingerprint density at radius 2 is 2.00 bits per heavy atom. The summed E-state index contributed by atoms with van der Waals surface area (Å²) in [6, 6.07) is 12.7. The first-order valence-electron chi connectivity index (χ1n) is 7.93. The van der Waals surface area contributed by atoms with Crippen LogP contribution in [0.2, 0.25) is 0 Å². The van der Waals surface area contributed by atoms with Gasteiger partial charge in [-0.05, 0) is 55.2 Å². The van der Waals surface area contributed by atoms with Gasteiger partial charge in [-0.25, -0.2) is 0 Å². The molecule has 3 heteroatoms. The van der Waals surface area contributed by atoms with Crippen LogP contribution in [0.25, 0.3) is 0 Å². The summed E-state index contributed by atoms with van der Waals surface area (Å²) in [5.41, 5.74) is 1.82. The predicted octanol–water partition coefficient (Wildman–Crippen LogP) is 4.69. The Morgan fingerprint density at radius 1 is 1.27 bits per heavy atom. The molecule has 1 heterocycles. The molecular weight excluding hydrogens is 292 g/mol. The van der Waals surface area contributed by atoms with Gasteiger partial charge in [-0.2, -0.15) is 0 Å². The molecule has 22 heavy (non-hydrogen) atoms. The number of hydrogen-bond donors (Lipinski definition) is 0. The fourth-order valence-electron chi connectivity index (χ4n) is 2.88. The molecule has 1 fully saturated rings. The molecule has 0 amide bonds. The lowest BCUT2D eigenvalue weighted by molar-refractivity contribution is -0.149. The van der Waals surface area contributed by atoms with E-state index in [0.29, 0.717) is 13.0 Å². The number of ether oxygens (including phenoxy) is 1. The van der Waals surface area contributed by atoms with Gasteiger partial charge in [0.25, 0.3) is 0 Å². The van der Waals surface area contributed by atoms with E-state index in [1.54, 1.807) is 11.3 Å². The van der Waals surface area contributed by atoms with E-state index in [1.165, 1.54) is 23.3 Å². The number of thiophene rings is 1. The lowest BCUT2D eigenvalue weighted by atomic mass is 9.78. The smallest absolute Gasteiger partial charge is 0.316 e. The third-order valence-corrected chi connectivity index (χ3v) is 5.31. The second kappa shape index (κ2) is 6.25. The van der Waals surface area contributed by atoms with E-state index in [4.69, 9.17) is 4.74 Å². The van der Waals surface area contributed by atoms with Gasteiger partial charge in [-0.3, -0.25) is 4.79 Å². The summed E-state index contributed by atoms with van der Waals surface area (Å²) < 4.78 is 5.37. The number of rotatable bonds is 6. The summed E-state index contributed by atoms with van der Waals surface area (Å²) in [7, 11) is 0. The van der Waals surface area contributed by atoms with Crippen molar-refractivity contribution in [2.24, 2.45) is 0 Å². The van der Waals surface area contributed by atoms with Gasteiger partial charge < -0.3 is 4.74 Å². The second-order valence-electron chi connectivity index (χ2n) is 6.20. The zero-order valence-corrected chi connectivity index (χ0v) is 14.0. The van der Waals surface area contributed by atoms with Crippen molar-refractivity contribution in [1.82, 2.24) is 0 Å². The molecule has 1 atom stereocenters. The number of benzene rings is 1. The standard InChI is InChI=1S/C19H22O2S/c1-3-21-18(20)19(2,13-17-5-4-12-22-17)16-10-8-15(9-11-16)14-6-7-14/h4-5,8-12,14H,3,6-7,13H2,1-2H3. The Balaban J connectivity index is 1.90. The minimum atomic E-state index is -0.622. The van der Waals surface area contributed by atoms with Crippen molar-refractivity contribution in [3.63, 3.8) is 0 Å². The average molecular weight is 314 g/mol. The van der Waals surface area contributed by atoms with Crippen LogP contribution in [-0.2, 0) is 21.4 Å². The maximum atomic E-state index is 12.6. The first kappa shape index (κ1) is 15.3. The van der Waals surface area contributed by atoms with E-state index in [9.17, 15) is 4.79 Å². The van der Waals surface area contributed by atoms with Gasteiger partial charge in [-0.1, -0.05) is 30.3 Å². The molecule has 0 bridgehead atoms. The average Bonchev–Trinajstić information content (AvgIpc) is 3.26. The third-order valence-electron chi connectivity index (χ3n) is 4.43. The highest BCUT2D eigenvalue weighted by Gasteiger charge is 2.37. The van der Waals surface area contributed by atoms with Crippen molar-refractivity contribution in [2.45, 2.75) is 44.4 Å². The van der Waals surface area contributed by atoms with Crippen LogP contribution >= 0.6 is 11.3 Å². The minimum Gasteiger partial charge on any atom is -0.465 e. The molecule has 3 rings (SSSR count). The summed E-state index contributed by atoms with van der Waals surface area (Å²) in [5.74, 6) is 0.600. The lowest BCUT2D eigenvalue weighted by Gasteiger charge is -2.27. The van der Waals surface area contributed by atoms with Gasteiger partial charge in [0.05, 0.1) is 12.0 Å². The largest absolute Gasteiger partial charge is 0.465 e. The van der Waals surface area contributed by atoms with Gasteiger partial charge in [0.15, 0.2) is 0 Å². The summed E-state index contributed by atoms with van der Waals surface area (Å²) in [4.78, 5) is 13.8. The molecular formula is C19H22O2S. The zero-order chi connectivity index (χ0) is 15.6. The first-order valence-corrected chi connectivity index (χ1v) is 8.81. The molecule has 2 aromatic rings. The van der Waals surface area contributed by atoms with Crippen LogP contribution in [0.3, 0.4) is 0 Å². The summed E-state index contributed by atoms with van der Waals surface area (Å²) >= 11 is 1.69. The Bertz CT molecular complexity index is 626. The molecule has 0 saturated heterocycles. The Labute approximate surface area is 136 Å². The fraction of sp³-hybridized carbons (Fsp3) is 0.421. The van der Waals surface area contributed by atoms with Crippen molar-refractivity contribution >= 4 is 17.3 Å². The zero-order valence-electron chi connectivity index (χ0n) is 13.2. The predicted molar refractivity (Wildman–Crippen MR) is 90.4 cm³/mol.